The van der Waals surface area contributed by atoms with Crippen LogP contribution in [0.15, 0.2) is 12.2 Å². The smallest absolute Gasteiger partial charge is 0.241 e. The van der Waals surface area contributed by atoms with Crippen LogP contribution in [0.25, 0.3) is 0 Å². The Morgan fingerprint density at radius 2 is 1.91 bits per heavy atom. The zero-order valence-corrected chi connectivity index (χ0v) is 6.25. The Labute approximate surface area is 65.2 Å². The van der Waals surface area contributed by atoms with Crippen LogP contribution in [0, 0.1) is 0 Å². The van der Waals surface area contributed by atoms with Crippen LogP contribution in [0.4, 0.5) is 0 Å². The highest BCUT2D eigenvalue weighted by Crippen LogP contribution is 1.94. The van der Waals surface area contributed by atoms with E-state index in [1.165, 1.54) is 6.08 Å². The second-order valence-corrected chi connectivity index (χ2v) is 2.16. The third kappa shape index (κ3) is 8.68. The third-order valence-electron chi connectivity index (χ3n) is 1.08. The first-order chi connectivity index (χ1) is 5.13. The summed E-state index contributed by atoms with van der Waals surface area (Å²) in [6, 6.07) is 0. The van der Waals surface area contributed by atoms with E-state index < -0.39 is 5.91 Å². The first-order valence-corrected chi connectivity index (χ1v) is 3.37. The second-order valence-electron chi connectivity index (χ2n) is 2.16. The minimum Gasteiger partial charge on any atom is -0.370 e. The van der Waals surface area contributed by atoms with Gasteiger partial charge in [0.05, 0.1) is 0 Å². The Bertz CT molecular complexity index is 175. The molecular weight excluding hydrogens is 144 g/mol. The molecule has 11 heavy (non-hydrogen) atoms. The van der Waals surface area contributed by atoms with Crippen LogP contribution in [0.5, 0.6) is 0 Å². The first kappa shape index (κ1) is 9.68. The van der Waals surface area contributed by atoms with Crippen molar-refractivity contribution in [2.45, 2.75) is 19.3 Å². The van der Waals surface area contributed by atoms with Gasteiger partial charge in [-0.25, -0.2) is 0 Å². The fraction of sp³-hybridized carbons (Fsp3) is 0.429. The van der Waals surface area contributed by atoms with Crippen molar-refractivity contribution in [2.75, 3.05) is 0 Å². The van der Waals surface area contributed by atoms with E-state index >= 15 is 0 Å². The quantitative estimate of drug-likeness (QED) is 0.422. The Kier molecular flexibility index (Phi) is 4.81. The van der Waals surface area contributed by atoms with Gasteiger partial charge in [-0.05, 0) is 18.9 Å². The number of amides is 2. The van der Waals surface area contributed by atoms with E-state index in [4.69, 9.17) is 11.5 Å². The Hall–Kier alpha value is -1.32. The molecule has 62 valence electrons. The van der Waals surface area contributed by atoms with Gasteiger partial charge >= 0.3 is 0 Å². The zero-order chi connectivity index (χ0) is 8.69. The van der Waals surface area contributed by atoms with Crippen molar-refractivity contribution in [3.8, 4) is 0 Å². The van der Waals surface area contributed by atoms with E-state index in [1.807, 2.05) is 0 Å². The van der Waals surface area contributed by atoms with E-state index in [9.17, 15) is 9.59 Å². The molecule has 2 amide bonds. The predicted molar refractivity (Wildman–Crippen MR) is 41.4 cm³/mol. The summed E-state index contributed by atoms with van der Waals surface area (Å²) in [5.41, 5.74) is 9.70. The largest absolute Gasteiger partial charge is 0.370 e. The summed E-state index contributed by atoms with van der Waals surface area (Å²) in [6.45, 7) is 0. The Morgan fingerprint density at radius 1 is 1.27 bits per heavy atom. The van der Waals surface area contributed by atoms with E-state index in [0.29, 0.717) is 19.3 Å². The summed E-state index contributed by atoms with van der Waals surface area (Å²) in [6.07, 6.45) is 4.58. The molecule has 0 aliphatic carbocycles. The third-order valence-corrected chi connectivity index (χ3v) is 1.08. The summed E-state index contributed by atoms with van der Waals surface area (Å²) < 4.78 is 0. The first-order valence-electron chi connectivity index (χ1n) is 3.37. The highest BCUT2D eigenvalue weighted by Gasteiger charge is 1.91. The molecule has 0 bridgehead atoms. The normalized spacial score (nSPS) is 10.2. The van der Waals surface area contributed by atoms with Gasteiger partial charge < -0.3 is 11.5 Å². The van der Waals surface area contributed by atoms with Gasteiger partial charge in [0.25, 0.3) is 0 Å². The standard InChI is InChI=1S/C7H12N2O2/c8-6(10)4-2-1-3-5-7(9)11/h2,4H,1,3,5H2,(H2,8,10)(H2,9,11). The van der Waals surface area contributed by atoms with E-state index in [2.05, 4.69) is 0 Å². The summed E-state index contributed by atoms with van der Waals surface area (Å²) in [5.74, 6) is -0.790. The van der Waals surface area contributed by atoms with Crippen LogP contribution in [0.3, 0.4) is 0 Å². The van der Waals surface area contributed by atoms with Crippen molar-refractivity contribution in [1.29, 1.82) is 0 Å². The van der Waals surface area contributed by atoms with E-state index in [1.54, 1.807) is 6.08 Å². The van der Waals surface area contributed by atoms with Gasteiger partial charge in [-0.3, -0.25) is 9.59 Å². The average Bonchev–Trinajstić information content (AvgIpc) is 1.85. The minimum absolute atomic E-state index is 0.322. The number of carbonyl (C=O) groups is 2. The molecule has 0 aromatic carbocycles. The van der Waals surface area contributed by atoms with Crippen LogP contribution in [0.2, 0.25) is 0 Å². The average molecular weight is 156 g/mol. The number of carbonyl (C=O) groups excluding carboxylic acids is 2. The SMILES string of the molecule is NC(=O)C=CCCCC(N)=O. The molecule has 4 nitrogen and oxygen atoms in total. The Balaban J connectivity index is 3.27. The predicted octanol–water partition coefficient (Wildman–Crippen LogP) is -0.316. The summed E-state index contributed by atoms with van der Waals surface area (Å²) >= 11 is 0. The van der Waals surface area contributed by atoms with Crippen molar-refractivity contribution >= 4 is 11.8 Å². The number of hydrogen-bond acceptors (Lipinski definition) is 2. The molecule has 0 aromatic heterocycles. The number of rotatable bonds is 5. The van der Waals surface area contributed by atoms with Crippen LogP contribution in [-0.4, -0.2) is 11.8 Å². The summed E-state index contributed by atoms with van der Waals surface area (Å²) in [7, 11) is 0. The lowest BCUT2D eigenvalue weighted by atomic mass is 10.2. The lowest BCUT2D eigenvalue weighted by molar-refractivity contribution is -0.118. The summed E-state index contributed by atoms with van der Waals surface area (Å²) in [4.78, 5) is 20.3. The molecule has 0 radical (unpaired) electrons. The van der Waals surface area contributed by atoms with Gasteiger partial charge in [-0.15, -0.1) is 0 Å². The van der Waals surface area contributed by atoms with Crippen molar-refractivity contribution in [1.82, 2.24) is 0 Å². The molecule has 0 unspecified atom stereocenters. The molecule has 0 aromatic rings. The topological polar surface area (TPSA) is 86.2 Å². The number of primary amides is 2. The van der Waals surface area contributed by atoms with Gasteiger partial charge in [-0.1, -0.05) is 6.08 Å². The van der Waals surface area contributed by atoms with Crippen molar-refractivity contribution in [3.63, 3.8) is 0 Å². The molecule has 0 saturated carbocycles. The molecule has 0 aliphatic heterocycles. The van der Waals surface area contributed by atoms with Crippen LogP contribution >= 0.6 is 0 Å². The highest BCUT2D eigenvalue weighted by molar-refractivity contribution is 5.85. The highest BCUT2D eigenvalue weighted by atomic mass is 16.1. The monoisotopic (exact) mass is 156 g/mol. The lowest BCUT2D eigenvalue weighted by Crippen LogP contribution is -2.09. The molecule has 0 atom stereocenters. The van der Waals surface area contributed by atoms with Crippen molar-refractivity contribution < 1.29 is 9.59 Å². The minimum atomic E-state index is -0.468. The molecular formula is C7H12N2O2. The van der Waals surface area contributed by atoms with Gasteiger partial charge in [0.2, 0.25) is 11.8 Å². The number of allylic oxidation sites excluding steroid dienone is 1. The fourth-order valence-corrected chi connectivity index (χ4v) is 0.594. The number of unbranched alkanes of at least 4 members (excludes halogenated alkanes) is 1. The summed E-state index contributed by atoms with van der Waals surface area (Å²) in [5, 5.41) is 0. The van der Waals surface area contributed by atoms with Crippen LogP contribution in [0.1, 0.15) is 19.3 Å². The van der Waals surface area contributed by atoms with Crippen molar-refractivity contribution in [3.05, 3.63) is 12.2 Å². The molecule has 4 heteroatoms. The van der Waals surface area contributed by atoms with Crippen LogP contribution < -0.4 is 11.5 Å². The zero-order valence-electron chi connectivity index (χ0n) is 6.25. The number of nitrogens with two attached hydrogens (primary N) is 2. The maximum atomic E-state index is 10.2. The fourth-order valence-electron chi connectivity index (χ4n) is 0.594. The lowest BCUT2D eigenvalue weighted by Gasteiger charge is -1.89. The number of hydrogen-bond donors (Lipinski definition) is 2. The maximum absolute atomic E-state index is 10.2. The molecule has 0 aliphatic rings. The molecule has 0 fully saturated rings. The second kappa shape index (κ2) is 5.46. The van der Waals surface area contributed by atoms with Gasteiger partial charge in [0.1, 0.15) is 0 Å². The molecule has 0 heterocycles. The molecule has 0 saturated heterocycles. The van der Waals surface area contributed by atoms with E-state index in [-0.39, 0.29) is 5.91 Å². The van der Waals surface area contributed by atoms with E-state index in [0.717, 1.165) is 0 Å². The Morgan fingerprint density at radius 3 is 2.36 bits per heavy atom. The molecule has 0 rings (SSSR count). The van der Waals surface area contributed by atoms with Gasteiger partial charge in [0, 0.05) is 6.42 Å². The van der Waals surface area contributed by atoms with Gasteiger partial charge in [0.15, 0.2) is 0 Å². The molecule has 0 spiro atoms. The van der Waals surface area contributed by atoms with Crippen LogP contribution in [-0.2, 0) is 9.59 Å². The van der Waals surface area contributed by atoms with Gasteiger partial charge in [-0.2, -0.15) is 0 Å². The van der Waals surface area contributed by atoms with Crippen molar-refractivity contribution in [2.24, 2.45) is 11.5 Å². The molecule has 4 N–H and O–H groups in total. The maximum Gasteiger partial charge on any atom is 0.241 e.